The lowest BCUT2D eigenvalue weighted by Crippen LogP contribution is -2.42. The highest BCUT2D eigenvalue weighted by Crippen LogP contribution is 2.26. The van der Waals surface area contributed by atoms with Gasteiger partial charge in [0, 0.05) is 30.4 Å². The van der Waals surface area contributed by atoms with Crippen molar-refractivity contribution in [2.45, 2.75) is 72.4 Å². The molecular weight excluding hydrogens is 352 g/mol. The smallest absolute Gasteiger partial charge is 0.269 e. The molecule has 1 aliphatic rings. The van der Waals surface area contributed by atoms with E-state index in [9.17, 15) is 4.79 Å². The Labute approximate surface area is 167 Å². The lowest BCUT2D eigenvalue weighted by atomic mass is 10.1. The quantitative estimate of drug-likeness (QED) is 0.765. The van der Waals surface area contributed by atoms with Crippen LogP contribution in [0.5, 0.6) is 0 Å². The Morgan fingerprint density at radius 2 is 1.96 bits per heavy atom. The Bertz CT molecular complexity index is 785. The lowest BCUT2D eigenvalue weighted by Gasteiger charge is -2.24. The summed E-state index contributed by atoms with van der Waals surface area (Å²) in [7, 11) is 0. The Hall–Kier alpha value is -2.15. The largest absolute Gasteiger partial charge is 0.347 e. The molecule has 7 heteroatoms. The van der Waals surface area contributed by atoms with Crippen molar-refractivity contribution in [1.29, 1.82) is 0 Å². The van der Waals surface area contributed by atoms with Crippen LogP contribution < -0.4 is 5.32 Å². The zero-order chi connectivity index (χ0) is 20.1. The van der Waals surface area contributed by atoms with Gasteiger partial charge in [-0.05, 0) is 59.2 Å². The van der Waals surface area contributed by atoms with Gasteiger partial charge in [0.2, 0.25) is 0 Å². The molecule has 1 amide bonds. The first-order chi connectivity index (χ1) is 13.5. The van der Waals surface area contributed by atoms with E-state index < -0.39 is 0 Å². The fourth-order valence-electron chi connectivity index (χ4n) is 4.12. The van der Waals surface area contributed by atoms with Gasteiger partial charge in [0.1, 0.15) is 5.69 Å². The van der Waals surface area contributed by atoms with Crippen molar-refractivity contribution in [2.24, 2.45) is 0 Å². The molecule has 1 fully saturated rings. The summed E-state index contributed by atoms with van der Waals surface area (Å²) in [6, 6.07) is 1.94. The zero-order valence-corrected chi connectivity index (χ0v) is 17.7. The normalized spacial score (nSPS) is 16.7. The van der Waals surface area contributed by atoms with Gasteiger partial charge < -0.3 is 10.2 Å². The van der Waals surface area contributed by atoms with Crippen LogP contribution in [0.15, 0.2) is 6.07 Å². The number of amides is 1. The number of H-pyrrole nitrogens is 1. The molecule has 2 aromatic heterocycles. The first-order valence-electron chi connectivity index (χ1n) is 10.6. The number of hydrogen-bond acceptors (Lipinski definition) is 4. The van der Waals surface area contributed by atoms with Crippen molar-refractivity contribution in [3.05, 3.63) is 23.1 Å². The van der Waals surface area contributed by atoms with Crippen LogP contribution in [0.4, 0.5) is 0 Å². The zero-order valence-electron chi connectivity index (χ0n) is 17.7. The maximum absolute atomic E-state index is 12.7. The number of aromatic nitrogens is 4. The highest BCUT2D eigenvalue weighted by Gasteiger charge is 2.20. The average Bonchev–Trinajstić information content (AvgIpc) is 3.12. The molecular formula is C21H34N6O. The lowest BCUT2D eigenvalue weighted by molar-refractivity contribution is 0.0924. The number of nitrogens with zero attached hydrogens (tertiary/aromatic N) is 4. The topological polar surface area (TPSA) is 78.8 Å². The van der Waals surface area contributed by atoms with E-state index in [1.165, 1.54) is 25.7 Å². The number of carbonyl (C=O) groups excluding carboxylic acids is 1. The summed E-state index contributed by atoms with van der Waals surface area (Å²) in [5.74, 6) is -0.0997. The van der Waals surface area contributed by atoms with Gasteiger partial charge in [-0.15, -0.1) is 0 Å². The summed E-state index contributed by atoms with van der Waals surface area (Å²) in [4.78, 5) is 15.1. The van der Waals surface area contributed by atoms with E-state index in [0.29, 0.717) is 5.69 Å². The molecule has 0 unspecified atom stereocenters. The summed E-state index contributed by atoms with van der Waals surface area (Å²) in [6.45, 7) is 12.3. The van der Waals surface area contributed by atoms with Crippen molar-refractivity contribution >= 4 is 5.91 Å². The van der Waals surface area contributed by atoms with Crippen molar-refractivity contribution < 1.29 is 4.79 Å². The minimum atomic E-state index is -0.0997. The van der Waals surface area contributed by atoms with E-state index in [2.05, 4.69) is 46.3 Å². The number of hydrogen-bond donors (Lipinski definition) is 2. The second kappa shape index (κ2) is 9.37. The molecule has 2 aromatic rings. The molecule has 7 nitrogen and oxygen atoms in total. The first kappa shape index (κ1) is 20.6. The van der Waals surface area contributed by atoms with Crippen molar-refractivity contribution in [1.82, 2.24) is 30.2 Å². The monoisotopic (exact) mass is 386 g/mol. The molecule has 0 aromatic carbocycles. The van der Waals surface area contributed by atoms with E-state index in [1.54, 1.807) is 0 Å². The van der Waals surface area contributed by atoms with Crippen molar-refractivity contribution in [2.75, 3.05) is 19.6 Å². The van der Waals surface area contributed by atoms with Crippen LogP contribution in [0.1, 0.15) is 67.8 Å². The van der Waals surface area contributed by atoms with Crippen LogP contribution in [0.3, 0.4) is 0 Å². The van der Waals surface area contributed by atoms with Crippen LogP contribution in [-0.2, 0) is 6.54 Å². The Morgan fingerprint density at radius 1 is 1.25 bits per heavy atom. The minimum absolute atomic E-state index is 0.0997. The maximum Gasteiger partial charge on any atom is 0.269 e. The third-order valence-electron chi connectivity index (χ3n) is 5.50. The third kappa shape index (κ3) is 4.82. The number of likely N-dealkylation sites (tertiary alicyclic amines) is 1. The Kier molecular flexibility index (Phi) is 6.88. The average molecular weight is 387 g/mol. The molecule has 0 radical (unpaired) electrons. The molecule has 3 rings (SSSR count). The van der Waals surface area contributed by atoms with Crippen molar-refractivity contribution in [3.63, 3.8) is 0 Å². The molecule has 28 heavy (non-hydrogen) atoms. The van der Waals surface area contributed by atoms with Crippen LogP contribution in [0.25, 0.3) is 11.3 Å². The molecule has 1 atom stereocenters. The summed E-state index contributed by atoms with van der Waals surface area (Å²) < 4.78 is 2.02. The number of aromatic amines is 1. The fraction of sp³-hybridized carbons (Fsp3) is 0.667. The van der Waals surface area contributed by atoms with E-state index in [0.717, 1.165) is 55.2 Å². The Balaban J connectivity index is 1.64. The second-order valence-electron chi connectivity index (χ2n) is 8.03. The predicted molar refractivity (Wildman–Crippen MR) is 111 cm³/mol. The molecule has 0 spiro atoms. The van der Waals surface area contributed by atoms with Gasteiger partial charge in [0.25, 0.3) is 5.91 Å². The van der Waals surface area contributed by atoms with Crippen LogP contribution in [0, 0.1) is 13.8 Å². The summed E-state index contributed by atoms with van der Waals surface area (Å²) in [6.07, 6.45) is 6.19. The van der Waals surface area contributed by atoms with E-state index in [4.69, 9.17) is 0 Å². The number of carbonyl (C=O) groups is 1. The minimum Gasteiger partial charge on any atom is -0.347 e. The highest BCUT2D eigenvalue weighted by molar-refractivity contribution is 5.93. The molecule has 3 heterocycles. The number of rotatable bonds is 7. The van der Waals surface area contributed by atoms with Crippen LogP contribution >= 0.6 is 0 Å². The molecule has 0 aliphatic carbocycles. The van der Waals surface area contributed by atoms with Gasteiger partial charge in [-0.2, -0.15) is 10.2 Å². The molecule has 1 aliphatic heterocycles. The third-order valence-corrected chi connectivity index (χ3v) is 5.50. The van der Waals surface area contributed by atoms with E-state index in [1.807, 2.05) is 17.7 Å². The molecule has 1 saturated heterocycles. The highest BCUT2D eigenvalue weighted by atomic mass is 16.2. The fourth-order valence-corrected chi connectivity index (χ4v) is 4.12. The summed E-state index contributed by atoms with van der Waals surface area (Å²) >= 11 is 0. The SMILES string of the molecule is CCCn1nc(C)c(-c2cc(C(=O)N[C@@H](C)CN3CCCCCC3)[nH]n2)c1C. The predicted octanol–water partition coefficient (Wildman–Crippen LogP) is 3.29. The van der Waals surface area contributed by atoms with Gasteiger partial charge in [0.15, 0.2) is 0 Å². The molecule has 2 N–H and O–H groups in total. The van der Waals surface area contributed by atoms with Crippen LogP contribution in [-0.4, -0.2) is 56.5 Å². The summed E-state index contributed by atoms with van der Waals surface area (Å²) in [5.41, 5.74) is 4.33. The molecule has 154 valence electrons. The van der Waals surface area contributed by atoms with E-state index in [-0.39, 0.29) is 11.9 Å². The van der Waals surface area contributed by atoms with Crippen molar-refractivity contribution in [3.8, 4) is 11.3 Å². The Morgan fingerprint density at radius 3 is 2.64 bits per heavy atom. The molecule has 0 saturated carbocycles. The second-order valence-corrected chi connectivity index (χ2v) is 8.03. The summed E-state index contributed by atoms with van der Waals surface area (Å²) in [5, 5.41) is 15.0. The number of aryl methyl sites for hydroxylation is 2. The van der Waals surface area contributed by atoms with Gasteiger partial charge >= 0.3 is 0 Å². The molecule has 0 bridgehead atoms. The first-order valence-corrected chi connectivity index (χ1v) is 10.6. The maximum atomic E-state index is 12.7. The number of nitrogens with one attached hydrogen (secondary N) is 2. The van der Waals surface area contributed by atoms with E-state index >= 15 is 0 Å². The van der Waals surface area contributed by atoms with Gasteiger partial charge in [0.05, 0.1) is 11.4 Å². The van der Waals surface area contributed by atoms with Crippen LogP contribution in [0.2, 0.25) is 0 Å². The standard InChI is InChI=1S/C21H34N6O/c1-5-10-27-17(4)20(16(3)25-27)18-13-19(24-23-18)21(28)22-15(2)14-26-11-8-6-7-9-12-26/h13,15H,5-12,14H2,1-4H3,(H,22,28)(H,23,24)/t15-/m0/s1. The van der Waals surface area contributed by atoms with Gasteiger partial charge in [-0.1, -0.05) is 19.8 Å². The van der Waals surface area contributed by atoms with Gasteiger partial charge in [-0.3, -0.25) is 14.6 Å². The van der Waals surface area contributed by atoms with Gasteiger partial charge in [-0.25, -0.2) is 0 Å².